The molecule has 0 spiro atoms. The Balaban J connectivity index is 1.64. The van der Waals surface area contributed by atoms with Crippen molar-refractivity contribution in [1.29, 1.82) is 0 Å². The first-order valence-electron chi connectivity index (χ1n) is 9.52. The van der Waals surface area contributed by atoms with Crippen LogP contribution in [0.2, 0.25) is 0 Å². The number of pyridine rings is 1. The zero-order valence-corrected chi connectivity index (χ0v) is 16.9. The summed E-state index contributed by atoms with van der Waals surface area (Å²) in [6, 6.07) is 9.71. The van der Waals surface area contributed by atoms with E-state index >= 15 is 0 Å². The summed E-state index contributed by atoms with van der Waals surface area (Å²) in [4.78, 5) is 31.6. The molecule has 2 aromatic rings. The summed E-state index contributed by atoms with van der Waals surface area (Å²) >= 11 is 0. The van der Waals surface area contributed by atoms with Gasteiger partial charge in [0.1, 0.15) is 17.7 Å². The van der Waals surface area contributed by atoms with Gasteiger partial charge in [-0.3, -0.25) is 4.79 Å². The Hall–Kier alpha value is -2.89. The molecule has 148 valence electrons. The Morgan fingerprint density at radius 3 is 2.36 bits per heavy atom. The lowest BCUT2D eigenvalue weighted by atomic mass is 10.00. The monoisotopic (exact) mass is 381 g/mol. The molecule has 3 rings (SSSR count). The fraction of sp³-hybridized carbons (Fsp3) is 0.409. The number of aldehydes is 1. The van der Waals surface area contributed by atoms with Crippen molar-refractivity contribution >= 4 is 18.2 Å². The molecule has 0 radical (unpaired) electrons. The van der Waals surface area contributed by atoms with Gasteiger partial charge in [0.15, 0.2) is 0 Å². The number of hydrogen-bond acceptors (Lipinski definition) is 5. The maximum absolute atomic E-state index is 12.2. The van der Waals surface area contributed by atoms with Crippen molar-refractivity contribution in [3.63, 3.8) is 0 Å². The van der Waals surface area contributed by atoms with Crippen molar-refractivity contribution in [2.75, 3.05) is 31.1 Å². The first-order chi connectivity index (χ1) is 13.3. The standard InChI is InChI=1S/C22H27N3O3/c1-16-13-17(15-26)5-7-19(16)18-6-8-20(23-14-18)24-9-11-25(12-10-24)21(27)28-22(2,3)4/h5-8,13-15H,9-12H2,1-4H3. The fourth-order valence-electron chi connectivity index (χ4n) is 3.26. The molecule has 0 unspecified atom stereocenters. The second-order valence-electron chi connectivity index (χ2n) is 8.05. The number of carbonyl (C=O) groups is 2. The minimum atomic E-state index is -0.479. The molecule has 6 heteroatoms. The van der Waals surface area contributed by atoms with E-state index in [-0.39, 0.29) is 6.09 Å². The van der Waals surface area contributed by atoms with E-state index in [1.54, 1.807) is 4.90 Å². The summed E-state index contributed by atoms with van der Waals surface area (Å²) in [5.41, 5.74) is 3.33. The molecule has 1 fully saturated rings. The van der Waals surface area contributed by atoms with E-state index < -0.39 is 5.60 Å². The van der Waals surface area contributed by atoms with Crippen LogP contribution < -0.4 is 4.90 Å². The quantitative estimate of drug-likeness (QED) is 0.754. The number of hydrogen-bond donors (Lipinski definition) is 0. The predicted octanol–water partition coefficient (Wildman–Crippen LogP) is 3.93. The lowest BCUT2D eigenvalue weighted by Crippen LogP contribution is -2.50. The summed E-state index contributed by atoms with van der Waals surface area (Å²) in [6.07, 6.45) is 2.46. The van der Waals surface area contributed by atoms with Crippen LogP contribution in [-0.4, -0.2) is 54.0 Å². The molecule has 0 atom stereocenters. The molecule has 6 nitrogen and oxygen atoms in total. The predicted molar refractivity (Wildman–Crippen MR) is 110 cm³/mol. The summed E-state index contributed by atoms with van der Waals surface area (Å²) in [5, 5.41) is 0. The van der Waals surface area contributed by atoms with Gasteiger partial charge in [-0.2, -0.15) is 0 Å². The summed E-state index contributed by atoms with van der Waals surface area (Å²) in [7, 11) is 0. The van der Waals surface area contributed by atoms with Gasteiger partial charge in [-0.25, -0.2) is 9.78 Å². The molecule has 1 aromatic carbocycles. The number of nitrogens with zero attached hydrogens (tertiary/aromatic N) is 3. The van der Waals surface area contributed by atoms with Crippen molar-refractivity contribution in [1.82, 2.24) is 9.88 Å². The van der Waals surface area contributed by atoms with Crippen molar-refractivity contribution < 1.29 is 14.3 Å². The highest BCUT2D eigenvalue weighted by atomic mass is 16.6. The molecular formula is C22H27N3O3. The van der Waals surface area contributed by atoms with E-state index in [4.69, 9.17) is 4.74 Å². The van der Waals surface area contributed by atoms with E-state index in [2.05, 4.69) is 9.88 Å². The SMILES string of the molecule is Cc1cc(C=O)ccc1-c1ccc(N2CCN(C(=O)OC(C)(C)C)CC2)nc1. The number of ether oxygens (including phenoxy) is 1. The minimum absolute atomic E-state index is 0.260. The van der Waals surface area contributed by atoms with Crippen molar-refractivity contribution in [3.8, 4) is 11.1 Å². The lowest BCUT2D eigenvalue weighted by molar-refractivity contribution is 0.0240. The minimum Gasteiger partial charge on any atom is -0.444 e. The number of anilines is 1. The third-order valence-electron chi connectivity index (χ3n) is 4.70. The van der Waals surface area contributed by atoms with Gasteiger partial charge in [0.05, 0.1) is 0 Å². The van der Waals surface area contributed by atoms with Gasteiger partial charge < -0.3 is 14.5 Å². The number of carbonyl (C=O) groups excluding carboxylic acids is 2. The second kappa shape index (κ2) is 8.00. The van der Waals surface area contributed by atoms with Gasteiger partial charge in [0.25, 0.3) is 0 Å². The van der Waals surface area contributed by atoms with E-state index in [0.717, 1.165) is 41.9 Å². The number of rotatable bonds is 3. The van der Waals surface area contributed by atoms with E-state index in [0.29, 0.717) is 18.7 Å². The summed E-state index contributed by atoms with van der Waals surface area (Å²) in [5.74, 6) is 0.898. The van der Waals surface area contributed by atoms with E-state index in [9.17, 15) is 9.59 Å². The Kier molecular flexibility index (Phi) is 5.68. The van der Waals surface area contributed by atoms with E-state index in [1.807, 2.05) is 64.2 Å². The van der Waals surface area contributed by atoms with Crippen LogP contribution in [0.15, 0.2) is 36.5 Å². The maximum atomic E-state index is 12.2. The van der Waals surface area contributed by atoms with Gasteiger partial charge in [-0.15, -0.1) is 0 Å². The molecule has 1 aliphatic heterocycles. The molecule has 0 saturated carbocycles. The van der Waals surface area contributed by atoms with E-state index in [1.165, 1.54) is 0 Å². The van der Waals surface area contributed by atoms with Gasteiger partial charge >= 0.3 is 6.09 Å². The lowest BCUT2D eigenvalue weighted by Gasteiger charge is -2.36. The van der Waals surface area contributed by atoms with Crippen molar-refractivity contribution in [2.24, 2.45) is 0 Å². The molecule has 1 aliphatic rings. The third-order valence-corrected chi connectivity index (χ3v) is 4.70. The number of aryl methyl sites for hydroxylation is 1. The van der Waals surface area contributed by atoms with Crippen LogP contribution in [0.25, 0.3) is 11.1 Å². The number of benzene rings is 1. The molecule has 0 aliphatic carbocycles. The summed E-state index contributed by atoms with van der Waals surface area (Å²) in [6.45, 7) is 10.3. The largest absolute Gasteiger partial charge is 0.444 e. The topological polar surface area (TPSA) is 62.7 Å². The molecule has 0 bridgehead atoms. The second-order valence-corrected chi connectivity index (χ2v) is 8.05. The average Bonchev–Trinajstić information content (AvgIpc) is 2.67. The zero-order chi connectivity index (χ0) is 20.3. The van der Waals surface area contributed by atoms with Crippen molar-refractivity contribution in [2.45, 2.75) is 33.3 Å². The number of piperazine rings is 1. The first-order valence-corrected chi connectivity index (χ1v) is 9.52. The first kappa shape index (κ1) is 19.9. The normalized spacial score (nSPS) is 14.7. The molecule has 1 aromatic heterocycles. The van der Waals surface area contributed by atoms with Crippen LogP contribution >= 0.6 is 0 Å². The van der Waals surface area contributed by atoms with Gasteiger partial charge in [0, 0.05) is 43.5 Å². The smallest absolute Gasteiger partial charge is 0.410 e. The van der Waals surface area contributed by atoms with Crippen LogP contribution in [-0.2, 0) is 4.74 Å². The van der Waals surface area contributed by atoms with Gasteiger partial charge in [0.2, 0.25) is 0 Å². The van der Waals surface area contributed by atoms with Crippen LogP contribution in [0, 0.1) is 6.92 Å². The number of amides is 1. The third kappa shape index (κ3) is 4.68. The highest BCUT2D eigenvalue weighted by Gasteiger charge is 2.26. The van der Waals surface area contributed by atoms with Crippen LogP contribution in [0.4, 0.5) is 10.6 Å². The Morgan fingerprint density at radius 2 is 1.82 bits per heavy atom. The van der Waals surface area contributed by atoms with Crippen LogP contribution in [0.3, 0.4) is 0 Å². The number of aromatic nitrogens is 1. The molecule has 28 heavy (non-hydrogen) atoms. The molecule has 0 N–H and O–H groups in total. The Labute approximate surface area is 166 Å². The van der Waals surface area contributed by atoms with Crippen LogP contribution in [0.5, 0.6) is 0 Å². The summed E-state index contributed by atoms with van der Waals surface area (Å²) < 4.78 is 5.44. The Bertz CT molecular complexity index is 848. The van der Waals surface area contributed by atoms with Crippen LogP contribution in [0.1, 0.15) is 36.7 Å². The zero-order valence-electron chi connectivity index (χ0n) is 16.9. The highest BCUT2D eigenvalue weighted by Crippen LogP contribution is 2.25. The van der Waals surface area contributed by atoms with Gasteiger partial charge in [-0.1, -0.05) is 12.1 Å². The fourth-order valence-corrected chi connectivity index (χ4v) is 3.26. The maximum Gasteiger partial charge on any atom is 0.410 e. The average molecular weight is 381 g/mol. The Morgan fingerprint density at radius 1 is 1.11 bits per heavy atom. The molecular weight excluding hydrogens is 354 g/mol. The molecule has 1 amide bonds. The molecule has 2 heterocycles. The van der Waals surface area contributed by atoms with Crippen molar-refractivity contribution in [3.05, 3.63) is 47.7 Å². The molecule has 1 saturated heterocycles. The van der Waals surface area contributed by atoms with Gasteiger partial charge in [-0.05, 0) is 57.0 Å². The highest BCUT2D eigenvalue weighted by molar-refractivity contribution is 5.78.